The second-order valence-corrected chi connectivity index (χ2v) is 6.51. The number of nitrogens with zero attached hydrogens (tertiary/aromatic N) is 5. The Hall–Kier alpha value is -1.89. The van der Waals surface area contributed by atoms with E-state index in [2.05, 4.69) is 31.1 Å². The van der Waals surface area contributed by atoms with Crippen LogP contribution in [0.3, 0.4) is 0 Å². The molecule has 1 aromatic heterocycles. The number of anilines is 1. The van der Waals surface area contributed by atoms with Gasteiger partial charge in [0.1, 0.15) is 10.8 Å². The molecule has 2 rings (SSSR count). The van der Waals surface area contributed by atoms with E-state index in [4.69, 9.17) is 40.5 Å². The summed E-state index contributed by atoms with van der Waals surface area (Å²) in [6.45, 7) is 3.48. The first-order valence-electron chi connectivity index (χ1n) is 7.87. The molecule has 0 aliphatic heterocycles. The molecule has 0 saturated carbocycles. The van der Waals surface area contributed by atoms with E-state index in [1.807, 2.05) is 19.1 Å². The van der Waals surface area contributed by atoms with Crippen LogP contribution in [0.2, 0.25) is 5.15 Å². The first-order valence-corrected chi connectivity index (χ1v) is 9.31. The minimum atomic E-state index is 0.140. The number of nitrogens with two attached hydrogens (primary N) is 1. The van der Waals surface area contributed by atoms with Crippen molar-refractivity contribution in [3.63, 3.8) is 0 Å². The van der Waals surface area contributed by atoms with Crippen LogP contribution in [0.15, 0.2) is 40.8 Å². The number of hydrogen-bond donors (Lipinski definition) is 1. The minimum Gasteiger partial charge on any atom is -0.380 e. The fourth-order valence-corrected chi connectivity index (χ4v) is 2.80. The Kier molecular flexibility index (Phi) is 8.09. The Balaban J connectivity index is 2.14. The summed E-state index contributed by atoms with van der Waals surface area (Å²) in [5.41, 5.74) is 9.26. The topological polar surface area (TPSA) is 79.8 Å². The minimum absolute atomic E-state index is 0.140. The van der Waals surface area contributed by atoms with E-state index >= 15 is 0 Å². The maximum Gasteiger partial charge on any atom is 0.173 e. The highest BCUT2D eigenvalue weighted by atomic mass is 35.5. The molecular formula is C17H19Cl3N6. The van der Waals surface area contributed by atoms with Crippen molar-refractivity contribution in [2.24, 2.45) is 15.9 Å². The molecule has 0 fully saturated rings. The van der Waals surface area contributed by atoms with Gasteiger partial charge in [-0.3, -0.25) is 4.98 Å². The third-order valence-corrected chi connectivity index (χ3v) is 4.08. The number of aryl methyl sites for hydroxylation is 1. The molecule has 0 amide bonds. The Morgan fingerprint density at radius 2 is 1.96 bits per heavy atom. The van der Waals surface area contributed by atoms with Crippen LogP contribution in [0.4, 0.5) is 5.69 Å². The summed E-state index contributed by atoms with van der Waals surface area (Å²) in [6, 6.07) is 6.04. The molecule has 0 spiro atoms. The lowest BCUT2D eigenvalue weighted by Gasteiger charge is -2.23. The lowest BCUT2D eigenvalue weighted by atomic mass is 10.1. The van der Waals surface area contributed by atoms with Gasteiger partial charge >= 0.3 is 0 Å². The Morgan fingerprint density at radius 1 is 1.23 bits per heavy atom. The molecule has 1 aromatic carbocycles. The van der Waals surface area contributed by atoms with Crippen molar-refractivity contribution in [3.05, 3.63) is 52.6 Å². The number of amidine groups is 1. The van der Waals surface area contributed by atoms with Gasteiger partial charge in [-0.05, 0) is 30.2 Å². The highest BCUT2D eigenvalue weighted by Gasteiger charge is 2.07. The fourth-order valence-electron chi connectivity index (χ4n) is 2.25. The smallest absolute Gasteiger partial charge is 0.173 e. The van der Waals surface area contributed by atoms with Crippen LogP contribution >= 0.6 is 34.8 Å². The van der Waals surface area contributed by atoms with Gasteiger partial charge in [-0.2, -0.15) is 5.10 Å². The largest absolute Gasteiger partial charge is 0.380 e. The van der Waals surface area contributed by atoms with Crippen molar-refractivity contribution < 1.29 is 0 Å². The Morgan fingerprint density at radius 3 is 2.58 bits per heavy atom. The van der Waals surface area contributed by atoms with Crippen molar-refractivity contribution in [1.29, 1.82) is 0 Å². The molecule has 0 aliphatic rings. The van der Waals surface area contributed by atoms with Crippen LogP contribution in [0.1, 0.15) is 16.8 Å². The molecule has 0 saturated heterocycles. The van der Waals surface area contributed by atoms with Crippen LogP contribution in [-0.4, -0.2) is 46.9 Å². The van der Waals surface area contributed by atoms with Crippen LogP contribution < -0.4 is 10.6 Å². The van der Waals surface area contributed by atoms with Crippen molar-refractivity contribution in [3.8, 4) is 0 Å². The average molecular weight is 414 g/mol. The SMILES string of the molecule is Cc1cc(N(CCCl)CCCl)ccc1/C=N\N=C(\N)c1cncc(Cl)n1. The van der Waals surface area contributed by atoms with E-state index < -0.39 is 0 Å². The highest BCUT2D eigenvalue weighted by Crippen LogP contribution is 2.19. The number of aromatic nitrogens is 2. The molecule has 6 nitrogen and oxygen atoms in total. The molecule has 0 atom stereocenters. The molecule has 2 aromatic rings. The molecule has 26 heavy (non-hydrogen) atoms. The van der Waals surface area contributed by atoms with Crippen LogP contribution in [-0.2, 0) is 0 Å². The predicted molar refractivity (Wildman–Crippen MR) is 110 cm³/mol. The Labute approximate surface area is 167 Å². The van der Waals surface area contributed by atoms with E-state index in [1.54, 1.807) is 6.21 Å². The number of hydrogen-bond acceptors (Lipinski definition) is 5. The normalized spacial score (nSPS) is 11.9. The van der Waals surface area contributed by atoms with E-state index in [0.29, 0.717) is 17.5 Å². The van der Waals surface area contributed by atoms with Gasteiger partial charge in [-0.1, -0.05) is 17.7 Å². The first-order chi connectivity index (χ1) is 12.5. The third kappa shape index (κ3) is 5.83. The summed E-state index contributed by atoms with van der Waals surface area (Å²) in [7, 11) is 0. The second kappa shape index (κ2) is 10.3. The van der Waals surface area contributed by atoms with Crippen LogP contribution in [0.5, 0.6) is 0 Å². The molecule has 2 N–H and O–H groups in total. The van der Waals surface area contributed by atoms with E-state index in [1.165, 1.54) is 12.4 Å². The standard InChI is InChI=1S/C17H19Cl3N6/c1-12-8-14(26(6-4-18)7-5-19)3-2-13(12)9-23-25-17(21)15-10-22-11-16(20)24-15/h2-3,8-11H,4-7H2,1H3,(H2,21,25)/b23-9-. The fraction of sp³-hybridized carbons (Fsp3) is 0.294. The number of alkyl halides is 2. The Bertz CT molecular complexity index is 788. The van der Waals surface area contributed by atoms with Gasteiger partial charge < -0.3 is 10.6 Å². The highest BCUT2D eigenvalue weighted by molar-refractivity contribution is 6.29. The quantitative estimate of drug-likeness (QED) is 0.311. The zero-order chi connectivity index (χ0) is 18.9. The van der Waals surface area contributed by atoms with Gasteiger partial charge in [0.15, 0.2) is 5.84 Å². The van der Waals surface area contributed by atoms with Gasteiger partial charge in [-0.15, -0.1) is 28.3 Å². The zero-order valence-corrected chi connectivity index (χ0v) is 16.5. The van der Waals surface area contributed by atoms with E-state index in [0.717, 1.165) is 29.9 Å². The van der Waals surface area contributed by atoms with Crippen molar-refractivity contribution >= 4 is 52.5 Å². The monoisotopic (exact) mass is 412 g/mol. The zero-order valence-electron chi connectivity index (χ0n) is 14.2. The summed E-state index contributed by atoms with van der Waals surface area (Å²) >= 11 is 17.5. The summed E-state index contributed by atoms with van der Waals surface area (Å²) in [6.07, 6.45) is 4.53. The summed E-state index contributed by atoms with van der Waals surface area (Å²) in [5, 5.41) is 8.22. The van der Waals surface area contributed by atoms with Gasteiger partial charge in [0.25, 0.3) is 0 Å². The lowest BCUT2D eigenvalue weighted by molar-refractivity contribution is 0.873. The molecule has 0 unspecified atom stereocenters. The maximum absolute atomic E-state index is 5.86. The summed E-state index contributed by atoms with van der Waals surface area (Å²) < 4.78 is 0. The van der Waals surface area contributed by atoms with Gasteiger partial charge in [0.05, 0.1) is 18.6 Å². The molecule has 1 heterocycles. The van der Waals surface area contributed by atoms with Crippen LogP contribution in [0.25, 0.3) is 0 Å². The number of halogens is 3. The second-order valence-electron chi connectivity index (χ2n) is 5.36. The number of rotatable bonds is 8. The predicted octanol–water partition coefficient (Wildman–Crippen LogP) is 3.46. The van der Waals surface area contributed by atoms with Crippen molar-refractivity contribution in [1.82, 2.24) is 9.97 Å². The van der Waals surface area contributed by atoms with E-state index in [9.17, 15) is 0 Å². The van der Waals surface area contributed by atoms with Crippen molar-refractivity contribution in [2.45, 2.75) is 6.92 Å². The van der Waals surface area contributed by atoms with Crippen molar-refractivity contribution in [2.75, 3.05) is 29.7 Å². The molecule has 0 aliphatic carbocycles. The third-order valence-electron chi connectivity index (χ3n) is 3.56. The summed E-state index contributed by atoms with van der Waals surface area (Å²) in [5.74, 6) is 1.22. The molecule has 0 radical (unpaired) electrons. The van der Waals surface area contributed by atoms with E-state index in [-0.39, 0.29) is 11.0 Å². The van der Waals surface area contributed by atoms with Gasteiger partial charge in [-0.25, -0.2) is 4.98 Å². The van der Waals surface area contributed by atoms with Gasteiger partial charge in [0, 0.05) is 30.5 Å². The maximum atomic E-state index is 5.86. The lowest BCUT2D eigenvalue weighted by Crippen LogP contribution is -2.27. The van der Waals surface area contributed by atoms with Crippen LogP contribution in [0, 0.1) is 6.92 Å². The first kappa shape index (κ1) is 20.4. The molecule has 138 valence electrons. The molecule has 9 heteroatoms. The molecular weight excluding hydrogens is 395 g/mol. The van der Waals surface area contributed by atoms with Gasteiger partial charge in [0.2, 0.25) is 0 Å². The summed E-state index contributed by atoms with van der Waals surface area (Å²) in [4.78, 5) is 10.1. The number of benzene rings is 1. The average Bonchev–Trinajstić information content (AvgIpc) is 2.62. The molecule has 0 bridgehead atoms.